The van der Waals surface area contributed by atoms with E-state index in [1.165, 1.54) is 4.63 Å². The first-order chi connectivity index (χ1) is 5.25. The molecule has 0 saturated carbocycles. The second kappa shape index (κ2) is 2.17. The van der Waals surface area contributed by atoms with Crippen LogP contribution in [0.3, 0.4) is 0 Å². The minimum Gasteiger partial charge on any atom is -0.195 e. The van der Waals surface area contributed by atoms with Crippen molar-refractivity contribution < 1.29 is 0 Å². The number of nitrogens with zero attached hydrogens (tertiary/aromatic N) is 4. The van der Waals surface area contributed by atoms with Crippen LogP contribution in [0.4, 0.5) is 0 Å². The lowest BCUT2D eigenvalue weighted by Gasteiger charge is -1.89. The maximum atomic E-state index is 5.55. The molecule has 4 nitrogen and oxygen atoms in total. The van der Waals surface area contributed by atoms with Crippen molar-refractivity contribution >= 4 is 17.2 Å². The Kier molecular flexibility index (Phi) is 1.29. The topological polar surface area (TPSA) is 43.1 Å². The van der Waals surface area contributed by atoms with E-state index in [0.717, 1.165) is 5.56 Å². The van der Waals surface area contributed by atoms with Gasteiger partial charge in [0.25, 0.3) is 0 Å². The average Bonchev–Trinajstić information content (AvgIpc) is 2.27. The third-order valence-corrected chi connectivity index (χ3v) is 1.48. The Morgan fingerprint density at radius 1 is 1.55 bits per heavy atom. The normalized spacial score (nSPS) is 10.7. The van der Waals surface area contributed by atoms with Gasteiger partial charge in [-0.05, 0) is 30.2 Å². The fourth-order valence-electron chi connectivity index (χ4n) is 0.853. The first-order valence-corrected chi connectivity index (χ1v) is 3.49. The zero-order chi connectivity index (χ0) is 7.84. The molecule has 0 aliphatic rings. The highest BCUT2D eigenvalue weighted by molar-refractivity contribution is 6.28. The lowest BCUT2D eigenvalue weighted by Crippen LogP contribution is -1.92. The van der Waals surface area contributed by atoms with E-state index < -0.39 is 0 Å². The molecule has 0 spiro atoms. The summed E-state index contributed by atoms with van der Waals surface area (Å²) in [4.78, 5) is 3.93. The summed E-state index contributed by atoms with van der Waals surface area (Å²) >= 11 is 5.55. The average molecular weight is 169 g/mol. The number of aryl methyl sites for hydroxylation is 1. The molecule has 0 radical (unpaired) electrons. The smallest absolute Gasteiger partial charge is 0.195 e. The third kappa shape index (κ3) is 1.05. The summed E-state index contributed by atoms with van der Waals surface area (Å²) in [6.07, 6.45) is 1.71. The highest BCUT2D eigenvalue weighted by atomic mass is 35.5. The quantitative estimate of drug-likeness (QED) is 0.592. The number of hydrogen-bond acceptors (Lipinski definition) is 3. The van der Waals surface area contributed by atoms with Crippen LogP contribution < -0.4 is 0 Å². The van der Waals surface area contributed by atoms with Crippen molar-refractivity contribution in [2.24, 2.45) is 0 Å². The summed E-state index contributed by atoms with van der Waals surface area (Å²) in [5.41, 5.74) is 1.72. The maximum absolute atomic E-state index is 5.55. The van der Waals surface area contributed by atoms with Crippen molar-refractivity contribution in [2.45, 2.75) is 6.92 Å². The molecule has 0 bridgehead atoms. The van der Waals surface area contributed by atoms with E-state index in [9.17, 15) is 0 Å². The van der Waals surface area contributed by atoms with Gasteiger partial charge in [0.2, 0.25) is 5.28 Å². The number of hydrogen-bond donors (Lipinski definition) is 0. The minimum atomic E-state index is 0.225. The minimum absolute atomic E-state index is 0.225. The lowest BCUT2D eigenvalue weighted by molar-refractivity contribution is 0.796. The van der Waals surface area contributed by atoms with E-state index >= 15 is 0 Å². The largest absolute Gasteiger partial charge is 0.245 e. The monoisotopic (exact) mass is 168 g/mol. The Morgan fingerprint density at radius 2 is 2.36 bits per heavy atom. The van der Waals surface area contributed by atoms with E-state index in [2.05, 4.69) is 15.2 Å². The van der Waals surface area contributed by atoms with E-state index in [1.807, 2.05) is 13.0 Å². The second-order valence-corrected chi connectivity index (χ2v) is 2.60. The molecule has 0 amide bonds. The van der Waals surface area contributed by atoms with Crippen molar-refractivity contribution in [1.82, 2.24) is 19.8 Å². The van der Waals surface area contributed by atoms with Crippen LogP contribution in [0.1, 0.15) is 5.56 Å². The van der Waals surface area contributed by atoms with Crippen LogP contribution in [0, 0.1) is 6.92 Å². The van der Waals surface area contributed by atoms with Gasteiger partial charge in [-0.1, -0.05) is 0 Å². The summed E-state index contributed by atoms with van der Waals surface area (Å²) in [6, 6.07) is 1.87. The van der Waals surface area contributed by atoms with Gasteiger partial charge in [0.15, 0.2) is 5.65 Å². The maximum Gasteiger partial charge on any atom is 0.245 e. The van der Waals surface area contributed by atoms with Crippen LogP contribution in [0.25, 0.3) is 5.65 Å². The van der Waals surface area contributed by atoms with Gasteiger partial charge in [-0.2, -0.15) is 10.1 Å². The van der Waals surface area contributed by atoms with Crippen molar-refractivity contribution in [1.29, 1.82) is 0 Å². The fraction of sp³-hybridized carbons (Fsp3) is 0.167. The predicted octanol–water partition coefficient (Wildman–Crippen LogP) is 1.09. The van der Waals surface area contributed by atoms with Crippen molar-refractivity contribution in [2.75, 3.05) is 0 Å². The highest BCUT2D eigenvalue weighted by Crippen LogP contribution is 2.04. The molecule has 2 rings (SSSR count). The molecule has 11 heavy (non-hydrogen) atoms. The van der Waals surface area contributed by atoms with Crippen molar-refractivity contribution in [3.05, 3.63) is 23.1 Å². The molecule has 2 aromatic heterocycles. The van der Waals surface area contributed by atoms with Gasteiger partial charge < -0.3 is 0 Å². The van der Waals surface area contributed by atoms with Crippen LogP contribution in [-0.2, 0) is 0 Å². The summed E-state index contributed by atoms with van der Waals surface area (Å²) in [5, 5.41) is 8.00. The van der Waals surface area contributed by atoms with Crippen LogP contribution in [-0.4, -0.2) is 19.8 Å². The fourth-order valence-corrected chi connectivity index (χ4v) is 1.01. The summed E-state index contributed by atoms with van der Waals surface area (Å²) in [5.74, 6) is 0. The van der Waals surface area contributed by atoms with Gasteiger partial charge in [-0.3, -0.25) is 0 Å². The lowest BCUT2D eigenvalue weighted by atomic mass is 10.3. The summed E-state index contributed by atoms with van der Waals surface area (Å²) < 4.78 is 1.40. The van der Waals surface area contributed by atoms with E-state index in [1.54, 1.807) is 6.20 Å². The van der Waals surface area contributed by atoms with Crippen LogP contribution in [0.2, 0.25) is 5.28 Å². The molecule has 0 aliphatic carbocycles. The number of rotatable bonds is 0. The number of aromatic nitrogens is 4. The Morgan fingerprint density at radius 3 is 3.18 bits per heavy atom. The van der Waals surface area contributed by atoms with Gasteiger partial charge in [0.1, 0.15) is 0 Å². The second-order valence-electron chi connectivity index (χ2n) is 2.26. The molecule has 0 aromatic carbocycles. The van der Waals surface area contributed by atoms with Crippen LogP contribution in [0.15, 0.2) is 12.3 Å². The Balaban J connectivity index is 2.82. The molecule has 0 N–H and O–H groups in total. The van der Waals surface area contributed by atoms with E-state index in [-0.39, 0.29) is 5.28 Å². The first-order valence-electron chi connectivity index (χ1n) is 3.11. The molecule has 56 valence electrons. The zero-order valence-electron chi connectivity index (χ0n) is 5.82. The zero-order valence-corrected chi connectivity index (χ0v) is 6.58. The molecule has 2 aromatic rings. The molecule has 0 fully saturated rings. The van der Waals surface area contributed by atoms with Crippen LogP contribution in [0.5, 0.6) is 0 Å². The third-order valence-electron chi connectivity index (χ3n) is 1.32. The Labute approximate surface area is 67.8 Å². The predicted molar refractivity (Wildman–Crippen MR) is 40.5 cm³/mol. The van der Waals surface area contributed by atoms with Gasteiger partial charge in [0, 0.05) is 0 Å². The van der Waals surface area contributed by atoms with Crippen molar-refractivity contribution in [3.8, 4) is 0 Å². The van der Waals surface area contributed by atoms with Crippen LogP contribution >= 0.6 is 11.6 Å². The molecule has 0 saturated heterocycles. The summed E-state index contributed by atoms with van der Waals surface area (Å²) in [6.45, 7) is 1.94. The number of halogens is 1. The first kappa shape index (κ1) is 6.54. The molecular formula is C6H5ClN4. The Bertz CT molecular complexity index is 394. The van der Waals surface area contributed by atoms with Crippen molar-refractivity contribution in [3.63, 3.8) is 0 Å². The molecule has 5 heteroatoms. The molecule has 2 heterocycles. The highest BCUT2D eigenvalue weighted by Gasteiger charge is 1.99. The molecule has 0 unspecified atom stereocenters. The SMILES string of the molecule is Cc1cnn2nc(Cl)nc2c1. The molecular weight excluding hydrogens is 164 g/mol. The van der Waals surface area contributed by atoms with Gasteiger partial charge in [-0.15, -0.1) is 9.73 Å². The number of fused-ring (bicyclic) bond motifs is 1. The van der Waals surface area contributed by atoms with E-state index in [4.69, 9.17) is 11.6 Å². The standard InChI is InChI=1S/C6H5ClN4/c1-4-2-5-9-6(7)10-11(5)8-3-4/h2-3H,1H3. The molecule has 0 atom stereocenters. The summed E-state index contributed by atoms with van der Waals surface area (Å²) in [7, 11) is 0. The van der Waals surface area contributed by atoms with Gasteiger partial charge in [-0.25, -0.2) is 0 Å². The van der Waals surface area contributed by atoms with Gasteiger partial charge in [0.05, 0.1) is 6.20 Å². The molecule has 0 aliphatic heterocycles. The van der Waals surface area contributed by atoms with Gasteiger partial charge >= 0.3 is 0 Å². The van der Waals surface area contributed by atoms with E-state index in [0.29, 0.717) is 5.65 Å². The Hall–Kier alpha value is -1.16.